The number of carbonyl (C=O) groups is 1. The Kier molecular flexibility index (Phi) is 5.26. The largest absolute Gasteiger partial charge is 0.495 e. The number of halogens is 1. The summed E-state index contributed by atoms with van der Waals surface area (Å²) in [7, 11) is 1.53. The second kappa shape index (κ2) is 7.16. The van der Waals surface area contributed by atoms with Crippen molar-refractivity contribution >= 4 is 39.9 Å². The van der Waals surface area contributed by atoms with Crippen LogP contribution in [-0.4, -0.2) is 19.6 Å². The van der Waals surface area contributed by atoms with Crippen LogP contribution in [0.5, 0.6) is 11.5 Å². The summed E-state index contributed by atoms with van der Waals surface area (Å²) in [5.41, 5.74) is 6.77. The van der Waals surface area contributed by atoms with Crippen molar-refractivity contribution in [1.29, 1.82) is 0 Å². The number of anilines is 2. The summed E-state index contributed by atoms with van der Waals surface area (Å²) < 4.78 is 11.6. The van der Waals surface area contributed by atoms with Crippen LogP contribution >= 0.6 is 22.6 Å². The van der Waals surface area contributed by atoms with E-state index in [9.17, 15) is 4.79 Å². The number of nitrogens with one attached hydrogen (secondary N) is 1. The first-order valence-corrected chi connectivity index (χ1v) is 7.28. The molecule has 0 aliphatic carbocycles. The fraction of sp³-hybridized carbons (Fsp3) is 0.133. The lowest BCUT2D eigenvalue weighted by Gasteiger charge is -2.11. The number of benzene rings is 2. The highest BCUT2D eigenvalue weighted by atomic mass is 127. The molecule has 2 aromatic rings. The smallest absolute Gasteiger partial charge is 0.262 e. The van der Waals surface area contributed by atoms with Crippen LogP contribution in [0, 0.1) is 3.57 Å². The number of ether oxygens (including phenoxy) is 2. The third-order valence-corrected chi connectivity index (χ3v) is 3.33. The predicted molar refractivity (Wildman–Crippen MR) is 90.7 cm³/mol. The van der Waals surface area contributed by atoms with Gasteiger partial charge in [0.15, 0.2) is 6.61 Å². The van der Waals surface area contributed by atoms with Crippen LogP contribution < -0.4 is 20.5 Å². The second-order valence-corrected chi connectivity index (χ2v) is 5.50. The standard InChI is InChI=1S/C15H15IN2O3/c1-20-14-6-5-11(17)8-13(14)18-15(19)9-21-12-4-2-3-10(16)7-12/h2-8H,9,17H2,1H3,(H,18,19). The molecule has 21 heavy (non-hydrogen) atoms. The summed E-state index contributed by atoms with van der Waals surface area (Å²) in [6.07, 6.45) is 0. The Morgan fingerprint density at radius 2 is 2.10 bits per heavy atom. The van der Waals surface area contributed by atoms with Crippen molar-refractivity contribution in [1.82, 2.24) is 0 Å². The molecule has 0 aliphatic rings. The molecule has 0 unspecified atom stereocenters. The zero-order valence-corrected chi connectivity index (χ0v) is 13.6. The second-order valence-electron chi connectivity index (χ2n) is 4.25. The zero-order valence-electron chi connectivity index (χ0n) is 11.4. The number of amides is 1. The lowest BCUT2D eigenvalue weighted by Crippen LogP contribution is -2.20. The zero-order chi connectivity index (χ0) is 15.2. The molecule has 0 fully saturated rings. The first-order valence-electron chi connectivity index (χ1n) is 6.20. The van der Waals surface area contributed by atoms with Gasteiger partial charge in [0.1, 0.15) is 11.5 Å². The minimum atomic E-state index is -0.280. The normalized spacial score (nSPS) is 10.0. The molecular formula is C15H15IN2O3. The quantitative estimate of drug-likeness (QED) is 0.600. The van der Waals surface area contributed by atoms with Crippen molar-refractivity contribution in [3.63, 3.8) is 0 Å². The molecule has 0 atom stereocenters. The maximum atomic E-state index is 11.9. The van der Waals surface area contributed by atoms with E-state index in [4.69, 9.17) is 15.2 Å². The van der Waals surface area contributed by atoms with Crippen LogP contribution in [0.4, 0.5) is 11.4 Å². The van der Waals surface area contributed by atoms with E-state index in [1.165, 1.54) is 7.11 Å². The molecule has 110 valence electrons. The Labute approximate surface area is 136 Å². The van der Waals surface area contributed by atoms with E-state index in [0.717, 1.165) is 3.57 Å². The Balaban J connectivity index is 1.97. The van der Waals surface area contributed by atoms with Gasteiger partial charge >= 0.3 is 0 Å². The molecule has 6 heteroatoms. The SMILES string of the molecule is COc1ccc(N)cc1NC(=O)COc1cccc(I)c1. The van der Waals surface area contributed by atoms with Gasteiger partial charge < -0.3 is 20.5 Å². The van der Waals surface area contributed by atoms with E-state index in [2.05, 4.69) is 27.9 Å². The highest BCUT2D eigenvalue weighted by molar-refractivity contribution is 14.1. The van der Waals surface area contributed by atoms with E-state index >= 15 is 0 Å². The van der Waals surface area contributed by atoms with Crippen LogP contribution in [0.2, 0.25) is 0 Å². The monoisotopic (exact) mass is 398 g/mol. The van der Waals surface area contributed by atoms with Gasteiger partial charge in [-0.05, 0) is 59.0 Å². The summed E-state index contributed by atoms with van der Waals surface area (Å²) in [6.45, 7) is -0.0853. The molecule has 2 aromatic carbocycles. The third-order valence-electron chi connectivity index (χ3n) is 2.66. The maximum absolute atomic E-state index is 11.9. The minimum Gasteiger partial charge on any atom is -0.495 e. The van der Waals surface area contributed by atoms with Gasteiger partial charge in [-0.25, -0.2) is 0 Å². The van der Waals surface area contributed by atoms with Crippen molar-refractivity contribution < 1.29 is 14.3 Å². The van der Waals surface area contributed by atoms with E-state index in [1.807, 2.05) is 18.2 Å². The van der Waals surface area contributed by atoms with Gasteiger partial charge in [0.05, 0.1) is 12.8 Å². The van der Waals surface area contributed by atoms with Crippen LogP contribution in [0.1, 0.15) is 0 Å². The molecule has 0 heterocycles. The van der Waals surface area contributed by atoms with Crippen molar-refractivity contribution in [2.75, 3.05) is 24.8 Å². The first-order chi connectivity index (χ1) is 10.1. The average Bonchev–Trinajstić information content (AvgIpc) is 2.45. The van der Waals surface area contributed by atoms with Crippen molar-refractivity contribution in [2.24, 2.45) is 0 Å². The number of nitrogens with two attached hydrogens (primary N) is 1. The van der Waals surface area contributed by atoms with Gasteiger partial charge in [-0.15, -0.1) is 0 Å². The van der Waals surface area contributed by atoms with Gasteiger partial charge in [-0.2, -0.15) is 0 Å². The molecule has 0 aromatic heterocycles. The minimum absolute atomic E-state index is 0.0853. The van der Waals surface area contributed by atoms with Crippen molar-refractivity contribution in [2.45, 2.75) is 0 Å². The van der Waals surface area contributed by atoms with Crippen LogP contribution in [0.25, 0.3) is 0 Å². The van der Waals surface area contributed by atoms with Crippen molar-refractivity contribution in [3.8, 4) is 11.5 Å². The molecule has 3 N–H and O–H groups in total. The first kappa shape index (κ1) is 15.4. The van der Waals surface area contributed by atoms with Crippen LogP contribution in [0.3, 0.4) is 0 Å². The molecular weight excluding hydrogens is 383 g/mol. The third kappa shape index (κ3) is 4.52. The molecule has 0 saturated heterocycles. The van der Waals surface area contributed by atoms with E-state index in [0.29, 0.717) is 22.9 Å². The summed E-state index contributed by atoms with van der Waals surface area (Å²) in [5.74, 6) is 0.918. The lowest BCUT2D eigenvalue weighted by atomic mass is 10.2. The van der Waals surface area contributed by atoms with Crippen molar-refractivity contribution in [3.05, 3.63) is 46.0 Å². The fourth-order valence-corrected chi connectivity index (χ4v) is 2.23. The number of rotatable bonds is 5. The number of hydrogen-bond acceptors (Lipinski definition) is 4. The summed E-state index contributed by atoms with van der Waals surface area (Å²) in [6, 6.07) is 12.5. The van der Waals surface area contributed by atoms with E-state index in [1.54, 1.807) is 24.3 Å². The Morgan fingerprint density at radius 1 is 1.29 bits per heavy atom. The number of methoxy groups -OCH3 is 1. The van der Waals surface area contributed by atoms with Gasteiger partial charge in [-0.3, -0.25) is 4.79 Å². The van der Waals surface area contributed by atoms with Crippen LogP contribution in [-0.2, 0) is 4.79 Å². The molecule has 0 radical (unpaired) electrons. The molecule has 2 rings (SSSR count). The predicted octanol–water partition coefficient (Wildman–Crippen LogP) is 2.90. The topological polar surface area (TPSA) is 73.6 Å². The molecule has 1 amide bonds. The highest BCUT2D eigenvalue weighted by Gasteiger charge is 2.09. The van der Waals surface area contributed by atoms with Gasteiger partial charge in [0.25, 0.3) is 5.91 Å². The summed E-state index contributed by atoms with van der Waals surface area (Å²) >= 11 is 2.18. The highest BCUT2D eigenvalue weighted by Crippen LogP contribution is 2.26. The van der Waals surface area contributed by atoms with Crippen LogP contribution in [0.15, 0.2) is 42.5 Å². The fourth-order valence-electron chi connectivity index (χ4n) is 1.72. The Morgan fingerprint density at radius 3 is 2.81 bits per heavy atom. The molecule has 5 nitrogen and oxygen atoms in total. The van der Waals surface area contributed by atoms with Gasteiger partial charge in [0, 0.05) is 9.26 Å². The van der Waals surface area contributed by atoms with Gasteiger partial charge in [-0.1, -0.05) is 6.07 Å². The average molecular weight is 398 g/mol. The number of carbonyl (C=O) groups excluding carboxylic acids is 1. The number of nitrogen functional groups attached to an aromatic ring is 1. The molecule has 0 saturated carbocycles. The number of hydrogen-bond donors (Lipinski definition) is 2. The van der Waals surface area contributed by atoms with Gasteiger partial charge in [0.2, 0.25) is 0 Å². The van der Waals surface area contributed by atoms with E-state index in [-0.39, 0.29) is 12.5 Å². The summed E-state index contributed by atoms with van der Waals surface area (Å²) in [5, 5.41) is 2.72. The van der Waals surface area contributed by atoms with E-state index < -0.39 is 0 Å². The molecule has 0 bridgehead atoms. The maximum Gasteiger partial charge on any atom is 0.262 e. The Hall–Kier alpha value is -1.96. The lowest BCUT2D eigenvalue weighted by molar-refractivity contribution is -0.118. The molecule has 0 aliphatic heterocycles. The Bertz CT molecular complexity index is 647. The molecule has 0 spiro atoms. The summed E-state index contributed by atoms with van der Waals surface area (Å²) in [4.78, 5) is 11.9.